The standard InChI is InChI=1S/C24H22FN3O5S/c1-13-23(14(2)33-26-13)15-5-6-19(31-3)22(9-15)34(30)27-24(29)21-12-17-18(25)10-16(11-20(17)32-21)28-7-4-8-28/h5-6,9-12H,4,7-8H2,1-3H3,(H,27,29). The third-order valence-electron chi connectivity index (χ3n) is 5.89. The average molecular weight is 484 g/mol. The van der Waals surface area contributed by atoms with Gasteiger partial charge >= 0.3 is 5.91 Å². The highest BCUT2D eigenvalue weighted by Gasteiger charge is 2.26. The summed E-state index contributed by atoms with van der Waals surface area (Å²) in [6, 6.07) is 9.57. The SMILES string of the molecule is COc1ccc(-c2c(C)noc2C)cc1[S+]([O-])NC(=O)c1cc2c(F)cc(N3CCC3)cc2o1. The monoisotopic (exact) mass is 483 g/mol. The summed E-state index contributed by atoms with van der Waals surface area (Å²) in [6.45, 7) is 5.30. The molecule has 0 aliphatic carbocycles. The number of aryl methyl sites for hydroxylation is 2. The molecule has 5 rings (SSSR count). The van der Waals surface area contributed by atoms with Crippen LogP contribution in [0.3, 0.4) is 0 Å². The molecule has 1 aliphatic rings. The number of hydrogen-bond donors (Lipinski definition) is 1. The number of carbonyl (C=O) groups is 1. The minimum Gasteiger partial charge on any atom is -0.588 e. The Balaban J connectivity index is 1.42. The molecule has 34 heavy (non-hydrogen) atoms. The van der Waals surface area contributed by atoms with E-state index >= 15 is 0 Å². The summed E-state index contributed by atoms with van der Waals surface area (Å²) in [6.07, 6.45) is 1.05. The number of furan rings is 1. The Morgan fingerprint density at radius 3 is 2.68 bits per heavy atom. The number of nitrogens with zero attached hydrogens (tertiary/aromatic N) is 2. The van der Waals surface area contributed by atoms with Gasteiger partial charge in [0, 0.05) is 42.5 Å². The number of nitrogens with one attached hydrogen (secondary N) is 1. The third-order valence-corrected chi connectivity index (χ3v) is 6.98. The van der Waals surface area contributed by atoms with Crippen molar-refractivity contribution in [3.05, 3.63) is 59.4 Å². The number of fused-ring (bicyclic) bond motifs is 1. The van der Waals surface area contributed by atoms with Crippen LogP contribution in [0.1, 0.15) is 28.4 Å². The number of aromatic nitrogens is 1. The van der Waals surface area contributed by atoms with Gasteiger partial charge in [-0.05, 0) is 38.0 Å². The van der Waals surface area contributed by atoms with Crippen LogP contribution in [-0.4, -0.2) is 35.8 Å². The van der Waals surface area contributed by atoms with Crippen LogP contribution in [-0.2, 0) is 11.4 Å². The quantitative estimate of drug-likeness (QED) is 0.402. The van der Waals surface area contributed by atoms with Crippen molar-refractivity contribution in [1.29, 1.82) is 0 Å². The van der Waals surface area contributed by atoms with E-state index in [-0.39, 0.29) is 21.6 Å². The Bertz CT molecular complexity index is 1380. The second-order valence-electron chi connectivity index (χ2n) is 8.06. The van der Waals surface area contributed by atoms with Crippen LogP contribution in [0.4, 0.5) is 10.1 Å². The van der Waals surface area contributed by atoms with E-state index in [4.69, 9.17) is 13.7 Å². The van der Waals surface area contributed by atoms with Crippen molar-refractivity contribution in [3.63, 3.8) is 0 Å². The first-order valence-electron chi connectivity index (χ1n) is 10.7. The summed E-state index contributed by atoms with van der Waals surface area (Å²) in [4.78, 5) is 15.1. The van der Waals surface area contributed by atoms with Gasteiger partial charge in [0.05, 0.1) is 18.2 Å². The largest absolute Gasteiger partial charge is 0.588 e. The lowest BCUT2D eigenvalue weighted by Crippen LogP contribution is -2.36. The molecule has 176 valence electrons. The number of halogens is 1. The van der Waals surface area contributed by atoms with Crippen molar-refractivity contribution >= 4 is 33.9 Å². The Labute approximate surface area is 198 Å². The fraction of sp³-hybridized carbons (Fsp3) is 0.250. The van der Waals surface area contributed by atoms with Crippen LogP contribution in [0.25, 0.3) is 22.1 Å². The van der Waals surface area contributed by atoms with Gasteiger partial charge in [-0.2, -0.15) is 4.72 Å². The number of benzene rings is 2. The molecule has 2 aromatic heterocycles. The summed E-state index contributed by atoms with van der Waals surface area (Å²) in [5.41, 5.74) is 3.15. The van der Waals surface area contributed by atoms with Crippen molar-refractivity contribution in [2.24, 2.45) is 0 Å². The van der Waals surface area contributed by atoms with E-state index in [1.165, 1.54) is 19.2 Å². The molecule has 1 N–H and O–H groups in total. The molecular formula is C24H22FN3O5S. The topological polar surface area (TPSA) is 104 Å². The molecule has 0 radical (unpaired) electrons. The fourth-order valence-electron chi connectivity index (χ4n) is 4.01. The zero-order chi connectivity index (χ0) is 24.0. The molecule has 0 saturated carbocycles. The number of methoxy groups -OCH3 is 1. The van der Waals surface area contributed by atoms with E-state index in [9.17, 15) is 13.7 Å². The normalized spacial score (nSPS) is 14.2. The Hall–Kier alpha value is -3.50. The number of amides is 1. The molecule has 8 nitrogen and oxygen atoms in total. The first-order chi connectivity index (χ1) is 16.4. The molecule has 1 aliphatic heterocycles. The van der Waals surface area contributed by atoms with Crippen molar-refractivity contribution < 1.29 is 27.4 Å². The highest BCUT2D eigenvalue weighted by molar-refractivity contribution is 7.90. The molecule has 1 fully saturated rings. The lowest BCUT2D eigenvalue weighted by Gasteiger charge is -2.33. The van der Waals surface area contributed by atoms with Gasteiger partial charge < -0.3 is 23.1 Å². The van der Waals surface area contributed by atoms with E-state index in [2.05, 4.69) is 9.88 Å². The summed E-state index contributed by atoms with van der Waals surface area (Å²) in [7, 11) is 1.45. The first-order valence-corrected chi connectivity index (χ1v) is 11.8. The molecule has 10 heteroatoms. The highest BCUT2D eigenvalue weighted by Crippen LogP contribution is 2.34. The predicted molar refractivity (Wildman–Crippen MR) is 125 cm³/mol. The van der Waals surface area contributed by atoms with Crippen LogP contribution in [0, 0.1) is 19.7 Å². The molecule has 1 atom stereocenters. The lowest BCUT2D eigenvalue weighted by molar-refractivity contribution is 0.0956. The average Bonchev–Trinajstić information content (AvgIpc) is 3.35. The molecule has 0 bridgehead atoms. The van der Waals surface area contributed by atoms with Crippen molar-refractivity contribution in [3.8, 4) is 16.9 Å². The molecule has 1 unspecified atom stereocenters. The predicted octanol–water partition coefficient (Wildman–Crippen LogP) is 4.52. The zero-order valence-corrected chi connectivity index (χ0v) is 19.6. The number of hydrogen-bond acceptors (Lipinski definition) is 7. The maximum absolute atomic E-state index is 14.6. The molecule has 1 saturated heterocycles. The molecule has 4 aromatic rings. The van der Waals surface area contributed by atoms with Gasteiger partial charge in [-0.15, -0.1) is 0 Å². The van der Waals surface area contributed by atoms with E-state index in [0.717, 1.165) is 30.6 Å². The summed E-state index contributed by atoms with van der Waals surface area (Å²) < 4.78 is 46.3. The van der Waals surface area contributed by atoms with Gasteiger partial charge in [0.1, 0.15) is 28.5 Å². The van der Waals surface area contributed by atoms with Crippen LogP contribution in [0.15, 0.2) is 50.2 Å². The Kier molecular flexibility index (Phi) is 5.70. The van der Waals surface area contributed by atoms with Crippen LogP contribution in [0.2, 0.25) is 0 Å². The molecule has 1 amide bonds. The van der Waals surface area contributed by atoms with Crippen LogP contribution < -0.4 is 14.4 Å². The van der Waals surface area contributed by atoms with Crippen LogP contribution in [0.5, 0.6) is 5.75 Å². The zero-order valence-electron chi connectivity index (χ0n) is 18.8. The second-order valence-corrected chi connectivity index (χ2v) is 9.24. The van der Waals surface area contributed by atoms with Crippen molar-refractivity contribution in [1.82, 2.24) is 9.88 Å². The number of ether oxygens (including phenoxy) is 1. The minimum absolute atomic E-state index is 0.135. The van der Waals surface area contributed by atoms with Gasteiger partial charge in [-0.3, -0.25) is 4.79 Å². The molecule has 3 heterocycles. The molecule has 2 aromatic carbocycles. The maximum Gasteiger partial charge on any atom is 0.328 e. The summed E-state index contributed by atoms with van der Waals surface area (Å²) in [5, 5.41) is 4.15. The summed E-state index contributed by atoms with van der Waals surface area (Å²) in [5.74, 6) is -0.389. The maximum atomic E-state index is 14.6. The van der Waals surface area contributed by atoms with E-state index in [1.807, 2.05) is 11.8 Å². The molecular weight excluding hydrogens is 461 g/mol. The molecule has 0 spiro atoms. The first kappa shape index (κ1) is 22.3. The highest BCUT2D eigenvalue weighted by atomic mass is 32.2. The number of rotatable bonds is 6. The minimum atomic E-state index is -1.98. The van der Waals surface area contributed by atoms with Crippen molar-refractivity contribution in [2.45, 2.75) is 25.2 Å². The Morgan fingerprint density at radius 2 is 2.03 bits per heavy atom. The van der Waals surface area contributed by atoms with Gasteiger partial charge in [-0.1, -0.05) is 11.2 Å². The van der Waals surface area contributed by atoms with Crippen LogP contribution >= 0.6 is 0 Å². The Morgan fingerprint density at radius 1 is 1.24 bits per heavy atom. The number of carbonyl (C=O) groups excluding carboxylic acids is 1. The van der Waals surface area contributed by atoms with E-state index in [1.54, 1.807) is 31.2 Å². The van der Waals surface area contributed by atoms with E-state index in [0.29, 0.717) is 22.9 Å². The van der Waals surface area contributed by atoms with Gasteiger partial charge in [0.25, 0.3) is 0 Å². The fourth-order valence-corrected chi connectivity index (χ4v) is 4.96. The second kappa shape index (κ2) is 8.69. The van der Waals surface area contributed by atoms with Crippen molar-refractivity contribution in [2.75, 3.05) is 25.1 Å². The third kappa shape index (κ3) is 3.88. The summed E-state index contributed by atoms with van der Waals surface area (Å²) >= 11 is -1.98. The van der Waals surface area contributed by atoms with Gasteiger partial charge in [-0.25, -0.2) is 4.39 Å². The number of anilines is 1. The van der Waals surface area contributed by atoms with Gasteiger partial charge in [0.15, 0.2) is 11.5 Å². The van der Waals surface area contributed by atoms with Gasteiger partial charge in [0.2, 0.25) is 4.90 Å². The smallest absolute Gasteiger partial charge is 0.328 e. The van der Waals surface area contributed by atoms with E-state index < -0.39 is 23.1 Å². The lowest BCUT2D eigenvalue weighted by atomic mass is 10.0.